The van der Waals surface area contributed by atoms with Gasteiger partial charge < -0.3 is 9.13 Å². The minimum Gasteiger partial charge on any atom is -0.307 e. The van der Waals surface area contributed by atoms with E-state index in [2.05, 4.69) is 175 Å². The molecular weight excluding hydrogens is 534 g/mol. The van der Waals surface area contributed by atoms with Crippen LogP contribution in [0.2, 0.25) is 0 Å². The van der Waals surface area contributed by atoms with Gasteiger partial charge in [-0.1, -0.05) is 121 Å². The summed E-state index contributed by atoms with van der Waals surface area (Å²) in [5.74, 6) is 0. The Bertz CT molecular complexity index is 2280. The second kappa shape index (κ2) is 10.6. The average molecular weight is 566 g/mol. The second-order valence-electron chi connectivity index (χ2n) is 11.2. The molecule has 0 amide bonds. The molecule has 3 heterocycles. The molecule has 8 rings (SSSR count). The lowest BCUT2D eigenvalue weighted by Crippen LogP contribution is -2.07. The van der Waals surface area contributed by atoms with Gasteiger partial charge in [0, 0.05) is 33.0 Å². The summed E-state index contributed by atoms with van der Waals surface area (Å²) >= 11 is 0. The molecular formula is C41H31N3. The molecule has 0 bridgehead atoms. The van der Waals surface area contributed by atoms with Crippen molar-refractivity contribution in [2.24, 2.45) is 0 Å². The van der Waals surface area contributed by atoms with Gasteiger partial charge in [0.15, 0.2) is 0 Å². The van der Waals surface area contributed by atoms with Gasteiger partial charge in [0.05, 0.1) is 39.3 Å². The number of nitrogens with zero attached hydrogens (tertiary/aromatic N) is 3. The highest BCUT2D eigenvalue weighted by Gasteiger charge is 2.23. The van der Waals surface area contributed by atoms with Gasteiger partial charge in [-0.25, -0.2) is 4.98 Å². The van der Waals surface area contributed by atoms with Crippen molar-refractivity contribution in [1.29, 1.82) is 0 Å². The fraction of sp³-hybridized carbons (Fsp3) is 0.0488. The van der Waals surface area contributed by atoms with Gasteiger partial charge >= 0.3 is 0 Å². The van der Waals surface area contributed by atoms with Gasteiger partial charge in [0.25, 0.3) is 0 Å². The van der Waals surface area contributed by atoms with E-state index in [1.54, 1.807) is 0 Å². The van der Waals surface area contributed by atoms with E-state index in [1.807, 2.05) is 0 Å². The lowest BCUT2D eigenvalue weighted by Gasteiger charge is -2.20. The normalized spacial score (nSPS) is 11.8. The Morgan fingerprint density at radius 2 is 0.932 bits per heavy atom. The van der Waals surface area contributed by atoms with Crippen molar-refractivity contribution in [3.8, 4) is 33.9 Å². The summed E-state index contributed by atoms with van der Waals surface area (Å²) in [6.45, 7) is 4.30. The van der Waals surface area contributed by atoms with Crippen molar-refractivity contribution >= 4 is 38.8 Å². The van der Waals surface area contributed by atoms with Crippen LogP contribution in [-0.4, -0.2) is 14.1 Å². The molecule has 0 saturated heterocycles. The quantitative estimate of drug-likeness (QED) is 0.203. The molecule has 3 heteroatoms. The Kier molecular flexibility index (Phi) is 6.23. The summed E-state index contributed by atoms with van der Waals surface area (Å²) in [4.78, 5) is 5.61. The number of allylic oxidation sites excluding steroid dienone is 1. The van der Waals surface area contributed by atoms with Crippen LogP contribution in [0.3, 0.4) is 0 Å². The Morgan fingerprint density at radius 1 is 0.500 bits per heavy atom. The third-order valence-corrected chi connectivity index (χ3v) is 8.64. The zero-order valence-electron chi connectivity index (χ0n) is 24.8. The van der Waals surface area contributed by atoms with Crippen molar-refractivity contribution < 1.29 is 0 Å². The van der Waals surface area contributed by atoms with Crippen molar-refractivity contribution in [3.63, 3.8) is 0 Å². The van der Waals surface area contributed by atoms with E-state index in [0.717, 1.165) is 56.1 Å². The van der Waals surface area contributed by atoms with Crippen LogP contribution in [0, 0.1) is 6.92 Å². The first-order valence-corrected chi connectivity index (χ1v) is 15.1. The van der Waals surface area contributed by atoms with Crippen LogP contribution in [0.1, 0.15) is 18.2 Å². The van der Waals surface area contributed by atoms with Crippen LogP contribution in [0.5, 0.6) is 0 Å². The molecule has 0 radical (unpaired) electrons. The molecule has 0 spiro atoms. The summed E-state index contributed by atoms with van der Waals surface area (Å²) in [7, 11) is 0. The first kappa shape index (κ1) is 26.0. The number of hydrogen-bond acceptors (Lipinski definition) is 1. The van der Waals surface area contributed by atoms with Crippen molar-refractivity contribution in [2.45, 2.75) is 13.8 Å². The van der Waals surface area contributed by atoms with Gasteiger partial charge in [-0.2, -0.15) is 0 Å². The first-order chi connectivity index (χ1) is 21.7. The Balaban J connectivity index is 1.58. The van der Waals surface area contributed by atoms with Gasteiger partial charge in [-0.3, -0.25) is 0 Å². The number of hydrogen-bond donors (Lipinski definition) is 0. The lowest BCUT2D eigenvalue weighted by atomic mass is 10.0. The van der Waals surface area contributed by atoms with Gasteiger partial charge in [-0.15, -0.1) is 0 Å². The van der Waals surface area contributed by atoms with E-state index >= 15 is 0 Å². The molecule has 210 valence electrons. The molecule has 0 unspecified atom stereocenters. The van der Waals surface area contributed by atoms with Gasteiger partial charge in [0.2, 0.25) is 0 Å². The predicted octanol–water partition coefficient (Wildman–Crippen LogP) is 10.8. The topological polar surface area (TPSA) is 22.8 Å². The van der Waals surface area contributed by atoms with Crippen LogP contribution >= 0.6 is 0 Å². The highest BCUT2D eigenvalue weighted by Crippen LogP contribution is 2.41. The molecule has 0 saturated carbocycles. The minimum absolute atomic E-state index is 0.945. The molecule has 0 aliphatic carbocycles. The lowest BCUT2D eigenvalue weighted by molar-refractivity contribution is 1.06. The zero-order chi connectivity index (χ0) is 29.6. The van der Waals surface area contributed by atoms with Crippen molar-refractivity contribution in [3.05, 3.63) is 157 Å². The summed E-state index contributed by atoms with van der Waals surface area (Å²) in [6.07, 6.45) is 4.34. The van der Waals surface area contributed by atoms with E-state index in [9.17, 15) is 0 Å². The van der Waals surface area contributed by atoms with Crippen LogP contribution in [0.15, 0.2) is 146 Å². The maximum Gasteiger partial charge on any atom is 0.0951 e. The molecule has 3 aromatic heterocycles. The third kappa shape index (κ3) is 4.01. The second-order valence-corrected chi connectivity index (χ2v) is 11.2. The number of benzene rings is 5. The Labute approximate surface area is 257 Å². The molecule has 0 aliphatic rings. The molecule has 44 heavy (non-hydrogen) atoms. The Morgan fingerprint density at radius 3 is 1.45 bits per heavy atom. The monoisotopic (exact) mass is 565 g/mol. The highest BCUT2D eigenvalue weighted by atomic mass is 15.1. The maximum absolute atomic E-state index is 5.61. The predicted molar refractivity (Wildman–Crippen MR) is 186 cm³/mol. The SMILES string of the molecule is C/C=C\c1c(C)c2ccccc2n1-c1cc(-n2c3ccccc3c3ccccc32)c(-c2ccccc2)nc1-c1ccccc1. The average Bonchev–Trinajstić information content (AvgIpc) is 3.57. The number of fused-ring (bicyclic) bond motifs is 4. The Hall–Kier alpha value is -5.67. The van der Waals surface area contributed by atoms with E-state index in [0.29, 0.717) is 0 Å². The van der Waals surface area contributed by atoms with E-state index in [1.165, 1.54) is 21.7 Å². The summed E-state index contributed by atoms with van der Waals surface area (Å²) in [5, 5.41) is 3.70. The molecule has 3 nitrogen and oxygen atoms in total. The van der Waals surface area contributed by atoms with Crippen molar-refractivity contribution in [2.75, 3.05) is 0 Å². The number of para-hydroxylation sites is 3. The number of pyridine rings is 1. The van der Waals surface area contributed by atoms with Crippen LogP contribution < -0.4 is 0 Å². The standard InChI is InChI=1S/C41H31N3/c1-3-16-34-28(2)31-21-10-13-24-35(31)43(34)38-27-39(44-36-25-14-11-22-32(36)33-23-12-15-26-37(33)44)41(30-19-8-5-9-20-30)42-40(38)29-17-6-4-7-18-29/h3-27H,1-2H3/b16-3-. The fourth-order valence-electron chi connectivity index (χ4n) is 6.67. The smallest absolute Gasteiger partial charge is 0.0951 e. The molecule has 5 aromatic carbocycles. The first-order valence-electron chi connectivity index (χ1n) is 15.1. The van der Waals surface area contributed by atoms with E-state index in [4.69, 9.17) is 4.98 Å². The third-order valence-electron chi connectivity index (χ3n) is 8.64. The zero-order valence-corrected chi connectivity index (χ0v) is 24.8. The maximum atomic E-state index is 5.61. The fourth-order valence-corrected chi connectivity index (χ4v) is 6.67. The minimum atomic E-state index is 0.945. The molecule has 0 fully saturated rings. The summed E-state index contributed by atoms with van der Waals surface area (Å²) in [5.41, 5.74) is 12.0. The molecule has 8 aromatic rings. The number of aromatic nitrogens is 3. The van der Waals surface area contributed by atoms with Gasteiger partial charge in [-0.05, 0) is 49.8 Å². The largest absolute Gasteiger partial charge is 0.307 e. The molecule has 0 aliphatic heterocycles. The molecule has 0 N–H and O–H groups in total. The van der Waals surface area contributed by atoms with Crippen LogP contribution in [0.25, 0.3) is 72.7 Å². The number of rotatable bonds is 5. The van der Waals surface area contributed by atoms with Crippen LogP contribution in [-0.2, 0) is 0 Å². The molecule has 0 atom stereocenters. The van der Waals surface area contributed by atoms with E-state index < -0.39 is 0 Å². The number of aryl methyl sites for hydroxylation is 1. The van der Waals surface area contributed by atoms with Gasteiger partial charge in [0.1, 0.15) is 0 Å². The summed E-state index contributed by atoms with van der Waals surface area (Å²) < 4.78 is 4.79. The van der Waals surface area contributed by atoms with Crippen molar-refractivity contribution in [1.82, 2.24) is 14.1 Å². The van der Waals surface area contributed by atoms with Crippen LogP contribution in [0.4, 0.5) is 0 Å². The highest BCUT2D eigenvalue weighted by molar-refractivity contribution is 6.09. The summed E-state index contributed by atoms with van der Waals surface area (Å²) in [6, 6.07) is 49.5. The van der Waals surface area contributed by atoms with E-state index in [-0.39, 0.29) is 0 Å².